The van der Waals surface area contributed by atoms with Gasteiger partial charge in [-0.3, -0.25) is 4.90 Å². The van der Waals surface area contributed by atoms with Crippen LogP contribution in [-0.2, 0) is 17.7 Å². The predicted octanol–water partition coefficient (Wildman–Crippen LogP) is 1.42. The fraction of sp³-hybridized carbons (Fsp3) is 0.600. The maximum Gasteiger partial charge on any atom is 0.0619 e. The maximum atomic E-state index is 5.50. The Morgan fingerprint density at radius 3 is 3.00 bits per heavy atom. The quantitative estimate of drug-likeness (QED) is 0.854. The van der Waals surface area contributed by atoms with Crippen molar-refractivity contribution >= 4 is 0 Å². The van der Waals surface area contributed by atoms with E-state index in [1.165, 1.54) is 11.1 Å². The average Bonchev–Trinajstić information content (AvgIpc) is 2.41. The second kappa shape index (κ2) is 5.39. The molecule has 0 radical (unpaired) electrons. The lowest BCUT2D eigenvalue weighted by molar-refractivity contribution is -0.00470. The summed E-state index contributed by atoms with van der Waals surface area (Å²) in [7, 11) is 0. The molecule has 3 heteroatoms. The van der Waals surface area contributed by atoms with Crippen molar-refractivity contribution in [3.63, 3.8) is 0 Å². The van der Waals surface area contributed by atoms with Gasteiger partial charge in [0.2, 0.25) is 0 Å². The summed E-state index contributed by atoms with van der Waals surface area (Å²) in [4.78, 5) is 2.55. The normalized spacial score (nSPS) is 28.9. The van der Waals surface area contributed by atoms with E-state index in [1.54, 1.807) is 0 Å². The minimum Gasteiger partial charge on any atom is -0.379 e. The summed E-state index contributed by atoms with van der Waals surface area (Å²) in [6, 6.07) is 9.92. The Labute approximate surface area is 109 Å². The Hall–Kier alpha value is -0.900. The van der Waals surface area contributed by atoms with Gasteiger partial charge in [0.15, 0.2) is 0 Å². The monoisotopic (exact) mass is 246 g/mol. The fourth-order valence-corrected chi connectivity index (χ4v) is 2.97. The lowest BCUT2D eigenvalue weighted by atomic mass is 9.95. The largest absolute Gasteiger partial charge is 0.379 e. The van der Waals surface area contributed by atoms with E-state index in [9.17, 15) is 0 Å². The highest BCUT2D eigenvalue weighted by molar-refractivity contribution is 5.29. The van der Waals surface area contributed by atoms with Gasteiger partial charge in [-0.1, -0.05) is 24.3 Å². The number of nitrogens with one attached hydrogen (secondary N) is 1. The van der Waals surface area contributed by atoms with Crippen LogP contribution in [0.1, 0.15) is 18.1 Å². The maximum absolute atomic E-state index is 5.50. The Bertz CT molecular complexity index is 407. The molecule has 0 spiro atoms. The van der Waals surface area contributed by atoms with Gasteiger partial charge >= 0.3 is 0 Å². The molecule has 18 heavy (non-hydrogen) atoms. The van der Waals surface area contributed by atoms with Crippen molar-refractivity contribution < 1.29 is 4.74 Å². The van der Waals surface area contributed by atoms with E-state index >= 15 is 0 Å². The van der Waals surface area contributed by atoms with Gasteiger partial charge in [-0.05, 0) is 24.5 Å². The first-order chi connectivity index (χ1) is 8.83. The number of fused-ring (bicyclic) bond motifs is 1. The van der Waals surface area contributed by atoms with Crippen molar-refractivity contribution in [2.75, 3.05) is 26.3 Å². The summed E-state index contributed by atoms with van der Waals surface area (Å²) in [5.74, 6) is 0. The molecule has 3 rings (SSSR count). The predicted molar refractivity (Wildman–Crippen MR) is 72.6 cm³/mol. The zero-order chi connectivity index (χ0) is 12.4. The summed E-state index contributed by atoms with van der Waals surface area (Å²) in [5.41, 5.74) is 2.98. The first-order valence-corrected chi connectivity index (χ1v) is 6.95. The lowest BCUT2D eigenvalue weighted by Crippen LogP contribution is -2.51. The number of ether oxygens (including phenoxy) is 1. The molecule has 0 bridgehead atoms. The number of rotatable bonds is 2. The van der Waals surface area contributed by atoms with Crippen LogP contribution < -0.4 is 5.32 Å². The van der Waals surface area contributed by atoms with Crippen molar-refractivity contribution in [1.29, 1.82) is 0 Å². The zero-order valence-electron chi connectivity index (χ0n) is 11.1. The zero-order valence-corrected chi connectivity index (χ0v) is 11.1. The van der Waals surface area contributed by atoms with Crippen LogP contribution in [0, 0.1) is 0 Å². The van der Waals surface area contributed by atoms with Crippen molar-refractivity contribution in [1.82, 2.24) is 10.2 Å². The van der Waals surface area contributed by atoms with Gasteiger partial charge in [0.05, 0.1) is 13.2 Å². The van der Waals surface area contributed by atoms with Gasteiger partial charge < -0.3 is 10.1 Å². The molecular formula is C15H22N2O. The van der Waals surface area contributed by atoms with E-state index in [2.05, 4.69) is 41.4 Å². The highest BCUT2D eigenvalue weighted by Crippen LogP contribution is 2.18. The van der Waals surface area contributed by atoms with E-state index in [0.717, 1.165) is 39.3 Å². The molecule has 3 nitrogen and oxygen atoms in total. The third-order valence-electron chi connectivity index (χ3n) is 4.13. The summed E-state index contributed by atoms with van der Waals surface area (Å²) in [6.07, 6.45) is 1.15. The van der Waals surface area contributed by atoms with Crippen LogP contribution in [0.25, 0.3) is 0 Å². The highest BCUT2D eigenvalue weighted by atomic mass is 16.5. The first-order valence-electron chi connectivity index (χ1n) is 6.95. The molecule has 0 aliphatic carbocycles. The average molecular weight is 246 g/mol. The summed E-state index contributed by atoms with van der Waals surface area (Å²) < 4.78 is 5.50. The van der Waals surface area contributed by atoms with Crippen molar-refractivity contribution in [3.8, 4) is 0 Å². The van der Waals surface area contributed by atoms with E-state index in [0.29, 0.717) is 12.1 Å². The minimum absolute atomic E-state index is 0.553. The van der Waals surface area contributed by atoms with Crippen LogP contribution >= 0.6 is 0 Å². The third kappa shape index (κ3) is 2.58. The number of hydrogen-bond acceptors (Lipinski definition) is 3. The third-order valence-corrected chi connectivity index (χ3v) is 4.13. The van der Waals surface area contributed by atoms with Gasteiger partial charge in [0, 0.05) is 31.7 Å². The number of morpholine rings is 1. The van der Waals surface area contributed by atoms with Crippen LogP contribution in [0.15, 0.2) is 24.3 Å². The Morgan fingerprint density at radius 2 is 2.17 bits per heavy atom. The molecule has 2 atom stereocenters. The molecule has 2 heterocycles. The number of benzene rings is 1. The lowest BCUT2D eigenvalue weighted by Gasteiger charge is -2.37. The van der Waals surface area contributed by atoms with Crippen LogP contribution in [0.2, 0.25) is 0 Å². The highest BCUT2D eigenvalue weighted by Gasteiger charge is 2.24. The Balaban J connectivity index is 1.62. The molecule has 2 aliphatic rings. The smallest absolute Gasteiger partial charge is 0.0619 e. The van der Waals surface area contributed by atoms with Gasteiger partial charge in [-0.2, -0.15) is 0 Å². The topological polar surface area (TPSA) is 24.5 Å². The molecule has 98 valence electrons. The number of hydrogen-bond donors (Lipinski definition) is 1. The van der Waals surface area contributed by atoms with E-state index in [1.807, 2.05) is 0 Å². The Kier molecular flexibility index (Phi) is 3.64. The summed E-state index contributed by atoms with van der Waals surface area (Å²) >= 11 is 0. The number of nitrogens with zero attached hydrogens (tertiary/aromatic N) is 1. The van der Waals surface area contributed by atoms with E-state index in [-0.39, 0.29) is 0 Å². The van der Waals surface area contributed by atoms with Crippen LogP contribution in [0.3, 0.4) is 0 Å². The molecule has 1 aromatic carbocycles. The van der Waals surface area contributed by atoms with Crippen LogP contribution in [-0.4, -0.2) is 43.3 Å². The van der Waals surface area contributed by atoms with Crippen molar-refractivity contribution in [3.05, 3.63) is 35.4 Å². The molecule has 0 aromatic heterocycles. The Morgan fingerprint density at radius 1 is 1.33 bits per heavy atom. The second-order valence-electron chi connectivity index (χ2n) is 5.47. The molecule has 1 saturated heterocycles. The molecule has 1 fully saturated rings. The van der Waals surface area contributed by atoms with Gasteiger partial charge in [0.1, 0.15) is 0 Å². The van der Waals surface area contributed by atoms with Crippen molar-refractivity contribution in [2.24, 2.45) is 0 Å². The van der Waals surface area contributed by atoms with E-state index in [4.69, 9.17) is 4.74 Å². The SMILES string of the molecule is C[C@H]1COCCN1C[C@@H]1Cc2ccccc2CN1. The van der Waals surface area contributed by atoms with Gasteiger partial charge in [-0.25, -0.2) is 0 Å². The second-order valence-corrected chi connectivity index (χ2v) is 5.47. The fourth-order valence-electron chi connectivity index (χ4n) is 2.97. The van der Waals surface area contributed by atoms with Gasteiger partial charge in [0.25, 0.3) is 0 Å². The molecule has 2 aliphatic heterocycles. The summed E-state index contributed by atoms with van der Waals surface area (Å²) in [6.45, 7) is 7.24. The summed E-state index contributed by atoms with van der Waals surface area (Å²) in [5, 5.41) is 3.66. The molecule has 1 aromatic rings. The van der Waals surface area contributed by atoms with Crippen LogP contribution in [0.5, 0.6) is 0 Å². The first kappa shape index (κ1) is 12.2. The van der Waals surface area contributed by atoms with Crippen LogP contribution in [0.4, 0.5) is 0 Å². The van der Waals surface area contributed by atoms with Crippen molar-refractivity contribution in [2.45, 2.75) is 32.0 Å². The van der Waals surface area contributed by atoms with Gasteiger partial charge in [-0.15, -0.1) is 0 Å². The molecule has 0 saturated carbocycles. The minimum atomic E-state index is 0.553. The standard InChI is InChI=1S/C15H22N2O/c1-12-11-18-7-6-17(12)10-15-8-13-4-2-3-5-14(13)9-16-15/h2-5,12,15-16H,6-11H2,1H3/t12-,15-/m0/s1. The molecule has 0 unspecified atom stereocenters. The molecular weight excluding hydrogens is 224 g/mol. The van der Waals surface area contributed by atoms with E-state index < -0.39 is 0 Å². The molecule has 1 N–H and O–H groups in total. The molecule has 0 amide bonds.